The Balaban J connectivity index is 1.90. The number of nitrogens with one attached hydrogen (secondary N) is 1. The lowest BCUT2D eigenvalue weighted by atomic mass is 9.97. The van der Waals surface area contributed by atoms with Crippen molar-refractivity contribution in [2.24, 2.45) is 0 Å². The van der Waals surface area contributed by atoms with E-state index in [0.717, 1.165) is 12.0 Å². The topological polar surface area (TPSA) is 49.3 Å². The van der Waals surface area contributed by atoms with Gasteiger partial charge in [0.1, 0.15) is 6.04 Å². The Hall–Kier alpha value is -2.13. The van der Waals surface area contributed by atoms with Crippen molar-refractivity contribution in [3.63, 3.8) is 0 Å². The highest BCUT2D eigenvalue weighted by atomic mass is 16.4. The number of hydrogen-bond donors (Lipinski definition) is 2. The molecule has 0 aliphatic heterocycles. The van der Waals surface area contributed by atoms with Gasteiger partial charge in [-0.1, -0.05) is 67.6 Å². The minimum absolute atomic E-state index is 0.406. The largest absolute Gasteiger partial charge is 0.480 e. The first-order chi connectivity index (χ1) is 10.2. The maximum Gasteiger partial charge on any atom is 0.325 e. The Morgan fingerprint density at radius 2 is 1.52 bits per heavy atom. The van der Waals surface area contributed by atoms with Crippen molar-refractivity contribution in [1.82, 2.24) is 5.32 Å². The molecule has 0 spiro atoms. The predicted molar refractivity (Wildman–Crippen MR) is 84.3 cm³/mol. The van der Waals surface area contributed by atoms with Crippen LogP contribution in [0.5, 0.6) is 0 Å². The lowest BCUT2D eigenvalue weighted by molar-refractivity contribution is -0.139. The van der Waals surface area contributed by atoms with E-state index < -0.39 is 12.0 Å². The van der Waals surface area contributed by atoms with Crippen molar-refractivity contribution in [2.75, 3.05) is 6.54 Å². The third kappa shape index (κ3) is 4.43. The summed E-state index contributed by atoms with van der Waals surface area (Å²) in [5, 5.41) is 12.5. The van der Waals surface area contributed by atoms with E-state index in [0.29, 0.717) is 12.5 Å². The van der Waals surface area contributed by atoms with Gasteiger partial charge in [0.15, 0.2) is 0 Å². The summed E-state index contributed by atoms with van der Waals surface area (Å²) in [5.74, 6) is -0.433. The number of rotatable bonds is 7. The summed E-state index contributed by atoms with van der Waals surface area (Å²) in [4.78, 5) is 11.4. The Bertz CT molecular complexity index is 554. The van der Waals surface area contributed by atoms with E-state index in [4.69, 9.17) is 0 Å². The highest BCUT2D eigenvalue weighted by Gasteiger charge is 2.18. The molecule has 2 N–H and O–H groups in total. The molecule has 0 aromatic heterocycles. The lowest BCUT2D eigenvalue weighted by Gasteiger charge is -2.17. The van der Waals surface area contributed by atoms with Crippen LogP contribution < -0.4 is 5.32 Å². The normalized spacial score (nSPS) is 13.6. The Labute approximate surface area is 125 Å². The molecule has 0 amide bonds. The zero-order chi connectivity index (χ0) is 15.1. The van der Waals surface area contributed by atoms with Crippen LogP contribution in [0.15, 0.2) is 60.7 Å². The third-order valence-corrected chi connectivity index (χ3v) is 3.67. The van der Waals surface area contributed by atoms with Gasteiger partial charge in [0.25, 0.3) is 0 Å². The molecular formula is C18H21NO2. The fourth-order valence-electron chi connectivity index (χ4n) is 2.39. The molecule has 0 aliphatic carbocycles. The Morgan fingerprint density at radius 1 is 1.00 bits per heavy atom. The van der Waals surface area contributed by atoms with Crippen LogP contribution in [-0.2, 0) is 4.79 Å². The van der Waals surface area contributed by atoms with E-state index in [9.17, 15) is 9.90 Å². The Morgan fingerprint density at radius 3 is 2.05 bits per heavy atom. The van der Waals surface area contributed by atoms with Crippen molar-refractivity contribution >= 4 is 5.97 Å². The average molecular weight is 283 g/mol. The van der Waals surface area contributed by atoms with E-state index >= 15 is 0 Å². The van der Waals surface area contributed by atoms with E-state index in [2.05, 4.69) is 24.4 Å². The molecule has 0 aliphatic rings. The van der Waals surface area contributed by atoms with Crippen LogP contribution in [0.25, 0.3) is 0 Å². The summed E-state index contributed by atoms with van der Waals surface area (Å²) in [6, 6.07) is 18.9. The fourth-order valence-corrected chi connectivity index (χ4v) is 2.39. The Kier molecular flexibility index (Phi) is 5.52. The van der Waals surface area contributed by atoms with Gasteiger partial charge >= 0.3 is 5.97 Å². The second kappa shape index (κ2) is 7.60. The van der Waals surface area contributed by atoms with Gasteiger partial charge in [-0.25, -0.2) is 0 Å². The van der Waals surface area contributed by atoms with Crippen molar-refractivity contribution in [3.05, 3.63) is 71.8 Å². The molecule has 0 saturated heterocycles. The number of carbonyl (C=O) groups is 1. The number of carboxylic acid groups (broad SMARTS) is 1. The van der Waals surface area contributed by atoms with E-state index in [1.54, 1.807) is 0 Å². The first-order valence-corrected chi connectivity index (χ1v) is 7.24. The standard InChI is InChI=1S/C18H21NO2/c1-14(15-8-4-2-5-9-15)12-13-19-17(18(20)21)16-10-6-3-7-11-16/h2-11,14,17,19H,12-13H2,1H3,(H,20,21)/t14?,17-/m1/s1. The van der Waals surface area contributed by atoms with Crippen molar-refractivity contribution in [2.45, 2.75) is 25.3 Å². The molecule has 2 atom stereocenters. The van der Waals surface area contributed by atoms with Gasteiger partial charge < -0.3 is 10.4 Å². The molecular weight excluding hydrogens is 262 g/mol. The van der Waals surface area contributed by atoms with Crippen LogP contribution in [0.3, 0.4) is 0 Å². The number of benzene rings is 2. The van der Waals surface area contributed by atoms with Crippen LogP contribution in [0.1, 0.15) is 36.4 Å². The molecule has 0 bridgehead atoms. The highest BCUT2D eigenvalue weighted by Crippen LogP contribution is 2.19. The molecule has 0 radical (unpaired) electrons. The minimum Gasteiger partial charge on any atom is -0.480 e. The minimum atomic E-state index is -0.839. The van der Waals surface area contributed by atoms with Gasteiger partial charge in [0.2, 0.25) is 0 Å². The van der Waals surface area contributed by atoms with Crippen LogP contribution in [0, 0.1) is 0 Å². The molecule has 3 nitrogen and oxygen atoms in total. The second-order valence-corrected chi connectivity index (χ2v) is 5.24. The van der Waals surface area contributed by atoms with Gasteiger partial charge in [-0.3, -0.25) is 4.79 Å². The SMILES string of the molecule is CC(CCN[C@@H](C(=O)O)c1ccccc1)c1ccccc1. The van der Waals surface area contributed by atoms with Crippen LogP contribution >= 0.6 is 0 Å². The first kappa shape index (κ1) is 15.3. The lowest BCUT2D eigenvalue weighted by Crippen LogP contribution is -2.29. The van der Waals surface area contributed by atoms with Crippen molar-refractivity contribution in [3.8, 4) is 0 Å². The quantitative estimate of drug-likeness (QED) is 0.816. The van der Waals surface area contributed by atoms with Crippen LogP contribution in [0.4, 0.5) is 0 Å². The van der Waals surface area contributed by atoms with Crippen LogP contribution in [-0.4, -0.2) is 17.6 Å². The number of carboxylic acids is 1. The number of hydrogen-bond acceptors (Lipinski definition) is 2. The average Bonchev–Trinajstić information content (AvgIpc) is 2.52. The molecule has 0 saturated carbocycles. The summed E-state index contributed by atoms with van der Waals surface area (Å²) in [5.41, 5.74) is 2.07. The molecule has 0 fully saturated rings. The maximum absolute atomic E-state index is 11.4. The summed E-state index contributed by atoms with van der Waals surface area (Å²) in [6.07, 6.45) is 0.903. The first-order valence-electron chi connectivity index (χ1n) is 7.24. The zero-order valence-electron chi connectivity index (χ0n) is 12.2. The smallest absolute Gasteiger partial charge is 0.325 e. The van der Waals surface area contributed by atoms with E-state index in [-0.39, 0.29) is 0 Å². The molecule has 21 heavy (non-hydrogen) atoms. The third-order valence-electron chi connectivity index (χ3n) is 3.67. The van der Waals surface area contributed by atoms with Crippen molar-refractivity contribution < 1.29 is 9.90 Å². The van der Waals surface area contributed by atoms with Gasteiger partial charge in [-0.05, 0) is 30.0 Å². The molecule has 110 valence electrons. The molecule has 2 rings (SSSR count). The van der Waals surface area contributed by atoms with Crippen LogP contribution in [0.2, 0.25) is 0 Å². The molecule has 0 heterocycles. The van der Waals surface area contributed by atoms with Crippen molar-refractivity contribution in [1.29, 1.82) is 0 Å². The molecule has 2 aromatic carbocycles. The van der Waals surface area contributed by atoms with Gasteiger partial charge in [-0.15, -0.1) is 0 Å². The van der Waals surface area contributed by atoms with Gasteiger partial charge in [0.05, 0.1) is 0 Å². The maximum atomic E-state index is 11.4. The number of aliphatic carboxylic acids is 1. The zero-order valence-corrected chi connectivity index (χ0v) is 12.2. The monoisotopic (exact) mass is 283 g/mol. The fraction of sp³-hybridized carbons (Fsp3) is 0.278. The van der Waals surface area contributed by atoms with E-state index in [1.807, 2.05) is 48.5 Å². The second-order valence-electron chi connectivity index (χ2n) is 5.24. The highest BCUT2D eigenvalue weighted by molar-refractivity contribution is 5.75. The summed E-state index contributed by atoms with van der Waals surface area (Å²) < 4.78 is 0. The summed E-state index contributed by atoms with van der Waals surface area (Å²) in [6.45, 7) is 2.83. The summed E-state index contributed by atoms with van der Waals surface area (Å²) >= 11 is 0. The van der Waals surface area contributed by atoms with E-state index in [1.165, 1.54) is 5.56 Å². The van der Waals surface area contributed by atoms with Gasteiger partial charge in [-0.2, -0.15) is 0 Å². The predicted octanol–water partition coefficient (Wildman–Crippen LogP) is 3.60. The van der Waals surface area contributed by atoms with Gasteiger partial charge in [0, 0.05) is 0 Å². The molecule has 1 unspecified atom stereocenters. The molecule has 3 heteroatoms. The summed E-state index contributed by atoms with van der Waals surface area (Å²) in [7, 11) is 0. The molecule has 2 aromatic rings.